The molecule has 0 radical (unpaired) electrons. The number of hydrogen-bond donors (Lipinski definition) is 1. The summed E-state index contributed by atoms with van der Waals surface area (Å²) < 4.78 is 0. The van der Waals surface area contributed by atoms with Crippen LogP contribution in [0.3, 0.4) is 0 Å². The monoisotopic (exact) mass is 184 g/mol. The second kappa shape index (κ2) is 4.97. The van der Waals surface area contributed by atoms with Crippen LogP contribution in [0.1, 0.15) is 39.5 Å². The molecular formula is C11H24N2. The van der Waals surface area contributed by atoms with Gasteiger partial charge in [-0.3, -0.25) is 0 Å². The molecule has 0 saturated carbocycles. The lowest BCUT2D eigenvalue weighted by Crippen LogP contribution is -2.50. The largest absolute Gasteiger partial charge is 0.310 e. The molecule has 1 atom stereocenters. The van der Waals surface area contributed by atoms with Gasteiger partial charge in [0.05, 0.1) is 0 Å². The number of likely N-dealkylation sites (tertiary alicyclic amines) is 1. The van der Waals surface area contributed by atoms with Gasteiger partial charge in [-0.15, -0.1) is 0 Å². The molecule has 1 N–H and O–H groups in total. The fourth-order valence-electron chi connectivity index (χ4n) is 2.46. The summed E-state index contributed by atoms with van der Waals surface area (Å²) in [5, 5.41) is 3.68. The van der Waals surface area contributed by atoms with Gasteiger partial charge in [0.15, 0.2) is 0 Å². The van der Waals surface area contributed by atoms with Crippen molar-refractivity contribution in [2.45, 2.75) is 45.1 Å². The third-order valence-electron chi connectivity index (χ3n) is 3.13. The maximum Gasteiger partial charge on any atom is 0.0320 e. The van der Waals surface area contributed by atoms with E-state index >= 15 is 0 Å². The molecule has 0 aliphatic carbocycles. The zero-order chi connectivity index (χ0) is 9.73. The zero-order valence-corrected chi connectivity index (χ0v) is 9.40. The molecule has 1 spiro atoms. The molecule has 2 fully saturated rings. The van der Waals surface area contributed by atoms with Crippen LogP contribution in [0.5, 0.6) is 0 Å². The molecule has 2 nitrogen and oxygen atoms in total. The number of rotatable bonds is 0. The van der Waals surface area contributed by atoms with Crippen LogP contribution < -0.4 is 5.32 Å². The molecule has 2 heteroatoms. The number of piperidine rings is 1. The summed E-state index contributed by atoms with van der Waals surface area (Å²) in [7, 11) is 2.23. The minimum atomic E-state index is 0.521. The molecule has 2 saturated heterocycles. The summed E-state index contributed by atoms with van der Waals surface area (Å²) in [6, 6.07) is 0. The summed E-state index contributed by atoms with van der Waals surface area (Å²) in [6.45, 7) is 7.80. The molecular weight excluding hydrogens is 160 g/mol. The molecule has 13 heavy (non-hydrogen) atoms. The smallest absolute Gasteiger partial charge is 0.0320 e. The number of hydrogen-bond acceptors (Lipinski definition) is 2. The molecule has 2 aliphatic heterocycles. The highest BCUT2D eigenvalue weighted by atomic mass is 15.2. The van der Waals surface area contributed by atoms with Crippen molar-refractivity contribution in [3.63, 3.8) is 0 Å². The average molecular weight is 184 g/mol. The van der Waals surface area contributed by atoms with Crippen molar-refractivity contribution >= 4 is 0 Å². The highest BCUT2D eigenvalue weighted by Gasteiger charge is 2.36. The van der Waals surface area contributed by atoms with Gasteiger partial charge in [-0.2, -0.15) is 0 Å². The predicted molar refractivity (Wildman–Crippen MR) is 58.0 cm³/mol. The fourth-order valence-corrected chi connectivity index (χ4v) is 2.46. The Morgan fingerprint density at radius 2 is 1.92 bits per heavy atom. The van der Waals surface area contributed by atoms with E-state index in [4.69, 9.17) is 0 Å². The van der Waals surface area contributed by atoms with Crippen molar-refractivity contribution in [2.75, 3.05) is 26.7 Å². The molecule has 0 bridgehead atoms. The lowest BCUT2D eigenvalue weighted by Gasteiger charge is -2.34. The van der Waals surface area contributed by atoms with Crippen LogP contribution in [-0.4, -0.2) is 37.1 Å². The lowest BCUT2D eigenvalue weighted by molar-refractivity contribution is 0.253. The Morgan fingerprint density at radius 3 is 2.38 bits per heavy atom. The van der Waals surface area contributed by atoms with Gasteiger partial charge in [0, 0.05) is 12.1 Å². The highest BCUT2D eigenvalue weighted by molar-refractivity contribution is 4.97. The zero-order valence-electron chi connectivity index (χ0n) is 9.40. The minimum absolute atomic E-state index is 0.521. The molecule has 2 aliphatic rings. The Balaban J connectivity index is 0.000000396. The highest BCUT2D eigenvalue weighted by Crippen LogP contribution is 2.28. The molecule has 78 valence electrons. The Morgan fingerprint density at radius 1 is 1.15 bits per heavy atom. The van der Waals surface area contributed by atoms with Crippen LogP contribution in [0, 0.1) is 0 Å². The summed E-state index contributed by atoms with van der Waals surface area (Å²) in [4.78, 5) is 2.44. The Bertz CT molecular complexity index is 134. The van der Waals surface area contributed by atoms with Crippen molar-refractivity contribution in [1.82, 2.24) is 10.2 Å². The van der Waals surface area contributed by atoms with E-state index in [0.717, 1.165) is 0 Å². The van der Waals surface area contributed by atoms with Gasteiger partial charge in [-0.05, 0) is 39.4 Å². The van der Waals surface area contributed by atoms with E-state index in [0.29, 0.717) is 5.54 Å². The van der Waals surface area contributed by atoms with E-state index in [-0.39, 0.29) is 0 Å². The van der Waals surface area contributed by atoms with E-state index in [2.05, 4.69) is 17.3 Å². The average Bonchev–Trinajstić information content (AvgIpc) is 2.52. The van der Waals surface area contributed by atoms with E-state index in [1.165, 1.54) is 45.3 Å². The van der Waals surface area contributed by atoms with Gasteiger partial charge in [0.1, 0.15) is 0 Å². The first-order chi connectivity index (χ1) is 6.31. The normalized spacial score (nSPS) is 34.4. The van der Waals surface area contributed by atoms with E-state index in [1.54, 1.807) is 0 Å². The molecule has 2 rings (SSSR count). The molecule has 2 heterocycles. The second-order valence-corrected chi connectivity index (χ2v) is 4.15. The minimum Gasteiger partial charge on any atom is -0.310 e. The van der Waals surface area contributed by atoms with E-state index in [1.807, 2.05) is 13.8 Å². The molecule has 0 amide bonds. The van der Waals surface area contributed by atoms with E-state index < -0.39 is 0 Å². The molecule has 0 aromatic rings. The van der Waals surface area contributed by atoms with Crippen LogP contribution in [0.15, 0.2) is 0 Å². The van der Waals surface area contributed by atoms with E-state index in [9.17, 15) is 0 Å². The van der Waals surface area contributed by atoms with Crippen LogP contribution in [0.4, 0.5) is 0 Å². The molecule has 1 unspecified atom stereocenters. The third kappa shape index (κ3) is 2.68. The number of nitrogens with one attached hydrogen (secondary N) is 1. The van der Waals surface area contributed by atoms with Gasteiger partial charge in [-0.25, -0.2) is 0 Å². The number of nitrogens with zero attached hydrogens (tertiary/aromatic N) is 1. The summed E-state index contributed by atoms with van der Waals surface area (Å²) >= 11 is 0. The van der Waals surface area contributed by atoms with Crippen molar-refractivity contribution in [3.8, 4) is 0 Å². The summed E-state index contributed by atoms with van der Waals surface area (Å²) in [5.41, 5.74) is 0.521. The van der Waals surface area contributed by atoms with Gasteiger partial charge >= 0.3 is 0 Å². The summed E-state index contributed by atoms with van der Waals surface area (Å²) in [5.74, 6) is 0. The first-order valence-electron chi connectivity index (χ1n) is 5.74. The first-order valence-corrected chi connectivity index (χ1v) is 5.74. The maximum atomic E-state index is 3.68. The van der Waals surface area contributed by atoms with Crippen LogP contribution in [-0.2, 0) is 0 Å². The molecule has 0 aromatic carbocycles. The number of likely N-dealkylation sites (N-methyl/N-ethyl adjacent to an activating group) is 1. The Labute approximate surface area is 82.7 Å². The SMILES string of the molecule is CC.CN1CCC2(CCCCN2)C1. The second-order valence-electron chi connectivity index (χ2n) is 4.15. The Kier molecular flexibility index (Phi) is 4.20. The van der Waals surface area contributed by atoms with Gasteiger partial charge in [0.25, 0.3) is 0 Å². The first kappa shape index (κ1) is 11.0. The van der Waals surface area contributed by atoms with Crippen LogP contribution >= 0.6 is 0 Å². The van der Waals surface area contributed by atoms with Gasteiger partial charge < -0.3 is 10.2 Å². The summed E-state index contributed by atoms with van der Waals surface area (Å²) in [6.07, 6.45) is 5.58. The standard InChI is InChI=1S/C9H18N2.C2H6/c1-11-7-5-9(8-11)4-2-3-6-10-9;1-2/h10H,2-8H2,1H3;1-2H3. The van der Waals surface area contributed by atoms with Gasteiger partial charge in [-0.1, -0.05) is 20.3 Å². The maximum absolute atomic E-state index is 3.68. The quantitative estimate of drug-likeness (QED) is 0.618. The van der Waals surface area contributed by atoms with Crippen LogP contribution in [0.25, 0.3) is 0 Å². The topological polar surface area (TPSA) is 15.3 Å². The lowest BCUT2D eigenvalue weighted by atomic mass is 9.88. The van der Waals surface area contributed by atoms with Crippen LogP contribution in [0.2, 0.25) is 0 Å². The van der Waals surface area contributed by atoms with Crippen molar-refractivity contribution in [3.05, 3.63) is 0 Å². The van der Waals surface area contributed by atoms with Gasteiger partial charge in [0.2, 0.25) is 0 Å². The fraction of sp³-hybridized carbons (Fsp3) is 1.00. The van der Waals surface area contributed by atoms with Crippen molar-refractivity contribution < 1.29 is 0 Å². The van der Waals surface area contributed by atoms with Crippen molar-refractivity contribution in [2.24, 2.45) is 0 Å². The Hall–Kier alpha value is -0.0800. The van der Waals surface area contributed by atoms with Crippen molar-refractivity contribution in [1.29, 1.82) is 0 Å². The third-order valence-corrected chi connectivity index (χ3v) is 3.13. The predicted octanol–water partition coefficient (Wildman–Crippen LogP) is 1.86. The molecule has 0 aromatic heterocycles.